The molecule has 0 aliphatic heterocycles. The second-order valence-corrected chi connectivity index (χ2v) is 5.97. The fraction of sp³-hybridized carbons (Fsp3) is 1.00. The number of methoxy groups -OCH3 is 1. The SMILES string of the molecule is CCC1CCCC(NC2CCCCC2OC)C1. The second kappa shape index (κ2) is 6.75. The Morgan fingerprint density at radius 2 is 1.88 bits per heavy atom. The topological polar surface area (TPSA) is 21.3 Å². The average molecular weight is 239 g/mol. The minimum Gasteiger partial charge on any atom is -0.380 e. The maximum atomic E-state index is 5.64. The van der Waals surface area contributed by atoms with Crippen LogP contribution in [0, 0.1) is 5.92 Å². The van der Waals surface area contributed by atoms with Gasteiger partial charge in [0.25, 0.3) is 0 Å². The fourth-order valence-corrected chi connectivity index (χ4v) is 3.69. The van der Waals surface area contributed by atoms with Gasteiger partial charge in [-0.15, -0.1) is 0 Å². The summed E-state index contributed by atoms with van der Waals surface area (Å²) in [6.45, 7) is 2.34. The molecular formula is C15H29NO. The Labute approximate surface area is 107 Å². The predicted octanol–water partition coefficient (Wildman–Crippen LogP) is 3.50. The number of ether oxygens (including phenoxy) is 1. The molecule has 0 spiro atoms. The normalized spacial score (nSPS) is 39.2. The first-order valence-electron chi connectivity index (χ1n) is 7.62. The first kappa shape index (κ1) is 13.4. The van der Waals surface area contributed by atoms with Gasteiger partial charge in [-0.1, -0.05) is 39.0 Å². The highest BCUT2D eigenvalue weighted by Gasteiger charge is 2.29. The van der Waals surface area contributed by atoms with Crippen LogP contribution in [-0.2, 0) is 4.74 Å². The molecule has 0 bridgehead atoms. The predicted molar refractivity (Wildman–Crippen MR) is 72.2 cm³/mol. The zero-order valence-corrected chi connectivity index (χ0v) is 11.6. The Morgan fingerprint density at radius 1 is 1.06 bits per heavy atom. The van der Waals surface area contributed by atoms with Crippen LogP contribution in [0.4, 0.5) is 0 Å². The molecule has 17 heavy (non-hydrogen) atoms. The van der Waals surface area contributed by atoms with Crippen molar-refractivity contribution < 1.29 is 4.74 Å². The summed E-state index contributed by atoms with van der Waals surface area (Å²) >= 11 is 0. The molecule has 0 aromatic heterocycles. The van der Waals surface area contributed by atoms with Gasteiger partial charge in [-0.2, -0.15) is 0 Å². The van der Waals surface area contributed by atoms with Crippen molar-refractivity contribution in [2.75, 3.05) is 7.11 Å². The third-order valence-electron chi connectivity index (χ3n) is 4.82. The molecule has 2 aliphatic rings. The van der Waals surface area contributed by atoms with Crippen LogP contribution in [0.25, 0.3) is 0 Å². The molecule has 0 aromatic rings. The quantitative estimate of drug-likeness (QED) is 0.810. The van der Waals surface area contributed by atoms with E-state index in [0.29, 0.717) is 12.1 Å². The molecule has 2 aliphatic carbocycles. The van der Waals surface area contributed by atoms with Gasteiger partial charge in [0.15, 0.2) is 0 Å². The van der Waals surface area contributed by atoms with Crippen molar-refractivity contribution in [3.63, 3.8) is 0 Å². The molecule has 4 unspecified atom stereocenters. The number of rotatable bonds is 4. The lowest BCUT2D eigenvalue weighted by Crippen LogP contribution is -2.49. The highest BCUT2D eigenvalue weighted by Crippen LogP contribution is 2.28. The van der Waals surface area contributed by atoms with Crippen molar-refractivity contribution in [2.45, 2.75) is 82.9 Å². The van der Waals surface area contributed by atoms with Gasteiger partial charge in [0.05, 0.1) is 6.10 Å². The number of hydrogen-bond donors (Lipinski definition) is 1. The van der Waals surface area contributed by atoms with Gasteiger partial charge in [0.1, 0.15) is 0 Å². The summed E-state index contributed by atoms with van der Waals surface area (Å²) in [6.07, 6.45) is 12.7. The van der Waals surface area contributed by atoms with E-state index >= 15 is 0 Å². The van der Waals surface area contributed by atoms with E-state index in [1.165, 1.54) is 57.8 Å². The van der Waals surface area contributed by atoms with Gasteiger partial charge in [0.2, 0.25) is 0 Å². The van der Waals surface area contributed by atoms with Crippen molar-refractivity contribution in [3.8, 4) is 0 Å². The average Bonchev–Trinajstić information content (AvgIpc) is 2.39. The second-order valence-electron chi connectivity index (χ2n) is 5.97. The summed E-state index contributed by atoms with van der Waals surface area (Å²) in [5.41, 5.74) is 0. The van der Waals surface area contributed by atoms with Crippen LogP contribution in [0.3, 0.4) is 0 Å². The smallest absolute Gasteiger partial charge is 0.0724 e. The Hall–Kier alpha value is -0.0800. The summed E-state index contributed by atoms with van der Waals surface area (Å²) < 4.78 is 5.64. The van der Waals surface area contributed by atoms with E-state index in [1.54, 1.807) is 0 Å². The maximum absolute atomic E-state index is 5.64. The van der Waals surface area contributed by atoms with Crippen LogP contribution in [0.15, 0.2) is 0 Å². The van der Waals surface area contributed by atoms with E-state index in [4.69, 9.17) is 4.74 Å². The molecule has 4 atom stereocenters. The Morgan fingerprint density at radius 3 is 2.65 bits per heavy atom. The molecule has 2 rings (SSSR count). The Kier molecular flexibility index (Phi) is 5.30. The zero-order valence-electron chi connectivity index (χ0n) is 11.6. The number of hydrogen-bond acceptors (Lipinski definition) is 2. The van der Waals surface area contributed by atoms with Crippen molar-refractivity contribution in [2.24, 2.45) is 5.92 Å². The summed E-state index contributed by atoms with van der Waals surface area (Å²) in [6, 6.07) is 1.38. The summed E-state index contributed by atoms with van der Waals surface area (Å²) in [5, 5.41) is 3.90. The van der Waals surface area contributed by atoms with E-state index in [-0.39, 0.29) is 0 Å². The molecule has 2 saturated carbocycles. The van der Waals surface area contributed by atoms with Gasteiger partial charge in [0, 0.05) is 19.2 Å². The lowest BCUT2D eigenvalue weighted by molar-refractivity contribution is 0.0343. The van der Waals surface area contributed by atoms with Crippen molar-refractivity contribution >= 4 is 0 Å². The molecule has 1 N–H and O–H groups in total. The van der Waals surface area contributed by atoms with Crippen LogP contribution in [0.5, 0.6) is 0 Å². The summed E-state index contributed by atoms with van der Waals surface area (Å²) in [7, 11) is 1.88. The van der Waals surface area contributed by atoms with Gasteiger partial charge < -0.3 is 10.1 Å². The van der Waals surface area contributed by atoms with Crippen LogP contribution >= 0.6 is 0 Å². The first-order valence-corrected chi connectivity index (χ1v) is 7.62. The minimum absolute atomic E-state index is 0.464. The fourth-order valence-electron chi connectivity index (χ4n) is 3.69. The number of nitrogens with one attached hydrogen (secondary N) is 1. The molecule has 100 valence electrons. The molecular weight excluding hydrogens is 210 g/mol. The van der Waals surface area contributed by atoms with E-state index in [0.717, 1.165) is 12.0 Å². The van der Waals surface area contributed by atoms with Crippen LogP contribution in [-0.4, -0.2) is 25.3 Å². The highest BCUT2D eigenvalue weighted by molar-refractivity contribution is 4.87. The van der Waals surface area contributed by atoms with Gasteiger partial charge in [-0.05, 0) is 31.6 Å². The van der Waals surface area contributed by atoms with E-state index in [9.17, 15) is 0 Å². The standard InChI is InChI=1S/C15H29NO/c1-3-12-7-6-8-13(11-12)16-14-9-4-5-10-15(14)17-2/h12-16H,3-11H2,1-2H3. The van der Waals surface area contributed by atoms with E-state index in [2.05, 4.69) is 12.2 Å². The molecule has 0 radical (unpaired) electrons. The van der Waals surface area contributed by atoms with Crippen LogP contribution in [0.1, 0.15) is 64.7 Å². The van der Waals surface area contributed by atoms with E-state index < -0.39 is 0 Å². The lowest BCUT2D eigenvalue weighted by atomic mass is 9.83. The van der Waals surface area contributed by atoms with Gasteiger partial charge in [-0.25, -0.2) is 0 Å². The van der Waals surface area contributed by atoms with Crippen LogP contribution in [0.2, 0.25) is 0 Å². The lowest BCUT2D eigenvalue weighted by Gasteiger charge is -2.37. The van der Waals surface area contributed by atoms with E-state index in [1.807, 2.05) is 7.11 Å². The van der Waals surface area contributed by atoms with Crippen molar-refractivity contribution in [3.05, 3.63) is 0 Å². The van der Waals surface area contributed by atoms with Gasteiger partial charge in [-0.3, -0.25) is 0 Å². The monoisotopic (exact) mass is 239 g/mol. The molecule has 2 nitrogen and oxygen atoms in total. The molecule has 2 heteroatoms. The first-order chi connectivity index (χ1) is 8.33. The molecule has 0 heterocycles. The van der Waals surface area contributed by atoms with Gasteiger partial charge >= 0.3 is 0 Å². The summed E-state index contributed by atoms with van der Waals surface area (Å²) in [4.78, 5) is 0. The molecule has 2 fully saturated rings. The molecule has 0 aromatic carbocycles. The van der Waals surface area contributed by atoms with Crippen LogP contribution < -0.4 is 5.32 Å². The zero-order chi connectivity index (χ0) is 12.1. The molecule has 0 saturated heterocycles. The highest BCUT2D eigenvalue weighted by atomic mass is 16.5. The third-order valence-corrected chi connectivity index (χ3v) is 4.82. The third kappa shape index (κ3) is 3.69. The van der Waals surface area contributed by atoms with Crippen molar-refractivity contribution in [1.29, 1.82) is 0 Å². The maximum Gasteiger partial charge on any atom is 0.0724 e. The molecule has 0 amide bonds. The summed E-state index contributed by atoms with van der Waals surface area (Å²) in [5.74, 6) is 0.964. The van der Waals surface area contributed by atoms with Crippen molar-refractivity contribution in [1.82, 2.24) is 5.32 Å². The minimum atomic E-state index is 0.464. The Bertz CT molecular complexity index is 219. The largest absolute Gasteiger partial charge is 0.380 e. The Balaban J connectivity index is 1.81.